The Labute approximate surface area is 150 Å². The lowest BCUT2D eigenvalue weighted by Crippen LogP contribution is -2.12. The number of aryl methyl sites for hydroxylation is 2. The zero-order valence-corrected chi connectivity index (χ0v) is 14.4. The summed E-state index contributed by atoms with van der Waals surface area (Å²) in [6.07, 6.45) is 3.48. The third-order valence-corrected chi connectivity index (χ3v) is 4.25. The molecule has 4 rings (SSSR count). The number of imidazole rings is 1. The van der Waals surface area contributed by atoms with Crippen molar-refractivity contribution in [1.82, 2.24) is 19.9 Å². The molecule has 6 nitrogen and oxygen atoms in total. The second kappa shape index (κ2) is 6.40. The molecule has 26 heavy (non-hydrogen) atoms. The van der Waals surface area contributed by atoms with Crippen LogP contribution in [0.1, 0.15) is 21.7 Å². The Balaban J connectivity index is 1.56. The van der Waals surface area contributed by atoms with E-state index in [9.17, 15) is 4.79 Å². The van der Waals surface area contributed by atoms with Crippen LogP contribution in [0.4, 0.5) is 5.69 Å². The first kappa shape index (κ1) is 16.0. The zero-order chi connectivity index (χ0) is 18.1. The number of rotatable bonds is 3. The molecular formula is C20H17N5O. The fourth-order valence-electron chi connectivity index (χ4n) is 2.71. The number of nitrogens with zero attached hydrogens (tertiary/aromatic N) is 3. The number of fused-ring (bicyclic) bond motifs is 1. The lowest BCUT2D eigenvalue weighted by atomic mass is 10.1. The van der Waals surface area contributed by atoms with Crippen LogP contribution in [0, 0.1) is 13.8 Å². The molecule has 0 saturated heterocycles. The van der Waals surface area contributed by atoms with Gasteiger partial charge < -0.3 is 10.3 Å². The zero-order valence-electron chi connectivity index (χ0n) is 14.4. The molecule has 0 aliphatic carbocycles. The number of carbonyl (C=O) groups is 1. The fraction of sp³-hybridized carbons (Fsp3) is 0.100. The van der Waals surface area contributed by atoms with Gasteiger partial charge in [-0.25, -0.2) is 15.0 Å². The van der Waals surface area contributed by atoms with Crippen molar-refractivity contribution >= 4 is 22.6 Å². The van der Waals surface area contributed by atoms with Gasteiger partial charge in [-0.1, -0.05) is 0 Å². The van der Waals surface area contributed by atoms with E-state index in [2.05, 4.69) is 25.3 Å². The number of amides is 1. The summed E-state index contributed by atoms with van der Waals surface area (Å²) >= 11 is 0. The number of aromatic amines is 1. The van der Waals surface area contributed by atoms with E-state index in [0.29, 0.717) is 11.1 Å². The first-order valence-electron chi connectivity index (χ1n) is 8.26. The summed E-state index contributed by atoms with van der Waals surface area (Å²) in [5.74, 6) is 0.610. The molecule has 0 bridgehead atoms. The van der Waals surface area contributed by atoms with E-state index in [-0.39, 0.29) is 5.91 Å². The Hall–Kier alpha value is -3.54. The average molecular weight is 343 g/mol. The molecule has 128 valence electrons. The van der Waals surface area contributed by atoms with Crippen LogP contribution in [0.5, 0.6) is 0 Å². The third-order valence-electron chi connectivity index (χ3n) is 4.25. The summed E-state index contributed by atoms with van der Waals surface area (Å²) in [5, 5.41) is 2.90. The van der Waals surface area contributed by atoms with Crippen molar-refractivity contribution in [2.45, 2.75) is 13.8 Å². The van der Waals surface area contributed by atoms with E-state index < -0.39 is 0 Å². The Morgan fingerprint density at radius 3 is 2.38 bits per heavy atom. The number of anilines is 1. The van der Waals surface area contributed by atoms with Crippen molar-refractivity contribution in [3.05, 3.63) is 71.8 Å². The monoisotopic (exact) mass is 343 g/mol. The largest absolute Gasteiger partial charge is 0.345 e. The summed E-state index contributed by atoms with van der Waals surface area (Å²) in [7, 11) is 0. The minimum Gasteiger partial charge on any atom is -0.345 e. The molecule has 6 heteroatoms. The lowest BCUT2D eigenvalue weighted by molar-refractivity contribution is 0.102. The van der Waals surface area contributed by atoms with E-state index in [0.717, 1.165) is 34.0 Å². The number of H-pyrrole nitrogens is 1. The standard InChI is InChI=1S/C20H17N5O/c1-12-13(2)24-18-11-15(5-8-17(18)23-12)20(26)25-16-6-3-14(4-7-16)19-21-9-10-22-19/h3-11H,1-2H3,(H,21,22)(H,25,26). The van der Waals surface area contributed by atoms with E-state index in [1.165, 1.54) is 0 Å². The first-order valence-corrected chi connectivity index (χ1v) is 8.26. The molecule has 0 unspecified atom stereocenters. The van der Waals surface area contributed by atoms with Gasteiger partial charge in [0.2, 0.25) is 0 Å². The average Bonchev–Trinajstić information content (AvgIpc) is 3.17. The minimum absolute atomic E-state index is 0.183. The minimum atomic E-state index is -0.183. The van der Waals surface area contributed by atoms with Crippen LogP contribution in [0.2, 0.25) is 0 Å². The molecule has 2 aromatic heterocycles. The smallest absolute Gasteiger partial charge is 0.255 e. The highest BCUT2D eigenvalue weighted by Gasteiger charge is 2.09. The number of carbonyl (C=O) groups excluding carboxylic acids is 1. The number of hydrogen-bond acceptors (Lipinski definition) is 4. The van der Waals surface area contributed by atoms with Crippen molar-refractivity contribution in [2.75, 3.05) is 5.32 Å². The van der Waals surface area contributed by atoms with Crippen LogP contribution >= 0.6 is 0 Å². The summed E-state index contributed by atoms with van der Waals surface area (Å²) in [4.78, 5) is 28.8. The third kappa shape index (κ3) is 3.04. The predicted molar refractivity (Wildman–Crippen MR) is 101 cm³/mol. The van der Waals surface area contributed by atoms with Crippen LogP contribution in [-0.2, 0) is 0 Å². The highest BCUT2D eigenvalue weighted by Crippen LogP contribution is 2.19. The fourth-order valence-corrected chi connectivity index (χ4v) is 2.71. The SMILES string of the molecule is Cc1nc2ccc(C(=O)Nc3ccc(-c4ncc[nH]4)cc3)cc2nc1C. The van der Waals surface area contributed by atoms with E-state index in [1.54, 1.807) is 24.5 Å². The maximum absolute atomic E-state index is 12.5. The molecule has 2 heterocycles. The van der Waals surface area contributed by atoms with Gasteiger partial charge in [0.25, 0.3) is 5.91 Å². The summed E-state index contributed by atoms with van der Waals surface area (Å²) in [5.41, 5.74) is 5.48. The molecule has 1 amide bonds. The van der Waals surface area contributed by atoms with Crippen molar-refractivity contribution in [3.8, 4) is 11.4 Å². The number of benzene rings is 2. The molecule has 0 aliphatic rings. The molecule has 0 radical (unpaired) electrons. The highest BCUT2D eigenvalue weighted by atomic mass is 16.1. The Bertz CT molecular complexity index is 1090. The number of hydrogen-bond donors (Lipinski definition) is 2. The molecular weight excluding hydrogens is 326 g/mol. The first-order chi connectivity index (χ1) is 12.6. The van der Waals surface area contributed by atoms with Crippen molar-refractivity contribution in [2.24, 2.45) is 0 Å². The second-order valence-corrected chi connectivity index (χ2v) is 6.07. The van der Waals surface area contributed by atoms with Gasteiger partial charge in [-0.15, -0.1) is 0 Å². The van der Waals surface area contributed by atoms with Gasteiger partial charge in [0.05, 0.1) is 22.4 Å². The van der Waals surface area contributed by atoms with Gasteiger partial charge in [0, 0.05) is 29.2 Å². The molecule has 0 spiro atoms. The van der Waals surface area contributed by atoms with Crippen molar-refractivity contribution in [1.29, 1.82) is 0 Å². The van der Waals surface area contributed by atoms with Gasteiger partial charge in [-0.05, 0) is 56.3 Å². The van der Waals surface area contributed by atoms with E-state index >= 15 is 0 Å². The van der Waals surface area contributed by atoms with Gasteiger partial charge >= 0.3 is 0 Å². The van der Waals surface area contributed by atoms with Gasteiger partial charge in [-0.3, -0.25) is 4.79 Å². The predicted octanol–water partition coefficient (Wildman–Crippen LogP) is 3.89. The highest BCUT2D eigenvalue weighted by molar-refractivity contribution is 6.05. The Morgan fingerprint density at radius 2 is 1.69 bits per heavy atom. The molecule has 0 saturated carbocycles. The van der Waals surface area contributed by atoms with E-state index in [1.807, 2.05) is 44.2 Å². The molecule has 4 aromatic rings. The van der Waals surface area contributed by atoms with Crippen LogP contribution in [-0.4, -0.2) is 25.8 Å². The summed E-state index contributed by atoms with van der Waals surface area (Å²) in [6.45, 7) is 3.84. The van der Waals surface area contributed by atoms with Gasteiger partial charge in [0.1, 0.15) is 5.82 Å². The number of aromatic nitrogens is 4. The molecule has 0 aliphatic heterocycles. The number of nitrogens with one attached hydrogen (secondary N) is 2. The van der Waals surface area contributed by atoms with Crippen molar-refractivity contribution < 1.29 is 4.79 Å². The summed E-state index contributed by atoms with van der Waals surface area (Å²) in [6, 6.07) is 12.9. The maximum atomic E-state index is 12.5. The Morgan fingerprint density at radius 1 is 0.962 bits per heavy atom. The van der Waals surface area contributed by atoms with Crippen LogP contribution < -0.4 is 5.32 Å². The lowest BCUT2D eigenvalue weighted by Gasteiger charge is -2.08. The van der Waals surface area contributed by atoms with Gasteiger partial charge in [-0.2, -0.15) is 0 Å². The Kier molecular flexibility index (Phi) is 3.93. The quantitative estimate of drug-likeness (QED) is 0.591. The van der Waals surface area contributed by atoms with Crippen LogP contribution in [0.3, 0.4) is 0 Å². The van der Waals surface area contributed by atoms with Gasteiger partial charge in [0.15, 0.2) is 0 Å². The van der Waals surface area contributed by atoms with Crippen molar-refractivity contribution in [3.63, 3.8) is 0 Å². The molecule has 2 N–H and O–H groups in total. The maximum Gasteiger partial charge on any atom is 0.255 e. The normalized spacial score (nSPS) is 10.8. The topological polar surface area (TPSA) is 83.6 Å². The second-order valence-electron chi connectivity index (χ2n) is 6.07. The molecule has 0 atom stereocenters. The molecule has 2 aromatic carbocycles. The van der Waals surface area contributed by atoms with Crippen LogP contribution in [0.25, 0.3) is 22.4 Å². The van der Waals surface area contributed by atoms with E-state index in [4.69, 9.17) is 0 Å². The molecule has 0 fully saturated rings. The summed E-state index contributed by atoms with van der Waals surface area (Å²) < 4.78 is 0. The van der Waals surface area contributed by atoms with Crippen LogP contribution in [0.15, 0.2) is 54.9 Å².